The molecule has 0 radical (unpaired) electrons. The molecule has 0 aliphatic heterocycles. The summed E-state index contributed by atoms with van der Waals surface area (Å²) in [7, 11) is 0. The molecule has 78 valence electrons. The van der Waals surface area contributed by atoms with Crippen molar-refractivity contribution in [2.75, 3.05) is 13.1 Å². The van der Waals surface area contributed by atoms with Gasteiger partial charge in [0.2, 0.25) is 0 Å². The highest BCUT2D eigenvalue weighted by molar-refractivity contribution is 7.11. The van der Waals surface area contributed by atoms with Gasteiger partial charge in [-0.05, 0) is 19.4 Å². The standard InChI is InChI=1S/C9H15N3OS/c10-4-2-1-3-5-11-8(13)9-12-6-7-14-9/h6-7H,1-5,10H2,(H,11,13). The van der Waals surface area contributed by atoms with Gasteiger partial charge in [-0.1, -0.05) is 6.42 Å². The first kappa shape index (κ1) is 11.1. The van der Waals surface area contributed by atoms with Crippen LogP contribution in [0.1, 0.15) is 29.1 Å². The van der Waals surface area contributed by atoms with Crippen molar-refractivity contribution in [1.29, 1.82) is 0 Å². The summed E-state index contributed by atoms with van der Waals surface area (Å²) in [4.78, 5) is 15.3. The molecule has 0 bridgehead atoms. The fourth-order valence-corrected chi connectivity index (χ4v) is 1.61. The summed E-state index contributed by atoms with van der Waals surface area (Å²) in [5.74, 6) is -0.0762. The van der Waals surface area contributed by atoms with Crippen LogP contribution in [-0.2, 0) is 0 Å². The fraction of sp³-hybridized carbons (Fsp3) is 0.556. The van der Waals surface area contributed by atoms with Crippen LogP contribution in [0.15, 0.2) is 11.6 Å². The highest BCUT2D eigenvalue weighted by Crippen LogP contribution is 2.03. The second-order valence-electron chi connectivity index (χ2n) is 2.94. The minimum absolute atomic E-state index is 0.0762. The van der Waals surface area contributed by atoms with Crippen LogP contribution in [0.2, 0.25) is 0 Å². The van der Waals surface area contributed by atoms with Crippen LogP contribution in [0, 0.1) is 0 Å². The maximum absolute atomic E-state index is 11.4. The predicted octanol–water partition coefficient (Wildman–Crippen LogP) is 1.00. The molecule has 14 heavy (non-hydrogen) atoms. The predicted molar refractivity (Wildman–Crippen MR) is 57.4 cm³/mol. The SMILES string of the molecule is NCCCCCNC(=O)c1nccs1. The van der Waals surface area contributed by atoms with Crippen LogP contribution in [0.3, 0.4) is 0 Å². The van der Waals surface area contributed by atoms with Gasteiger partial charge in [-0.15, -0.1) is 11.3 Å². The minimum Gasteiger partial charge on any atom is -0.350 e. The van der Waals surface area contributed by atoms with E-state index in [0.717, 1.165) is 25.8 Å². The van der Waals surface area contributed by atoms with Crippen molar-refractivity contribution in [2.24, 2.45) is 5.73 Å². The lowest BCUT2D eigenvalue weighted by atomic mass is 10.2. The van der Waals surface area contributed by atoms with Crippen LogP contribution in [0.25, 0.3) is 0 Å². The van der Waals surface area contributed by atoms with E-state index < -0.39 is 0 Å². The molecular weight excluding hydrogens is 198 g/mol. The zero-order valence-electron chi connectivity index (χ0n) is 8.03. The lowest BCUT2D eigenvalue weighted by Gasteiger charge is -2.01. The molecule has 0 saturated heterocycles. The molecule has 1 aromatic heterocycles. The first-order valence-electron chi connectivity index (χ1n) is 4.72. The Labute approximate surface area is 87.5 Å². The fourth-order valence-electron chi connectivity index (χ4n) is 1.06. The van der Waals surface area contributed by atoms with Crippen molar-refractivity contribution in [1.82, 2.24) is 10.3 Å². The summed E-state index contributed by atoms with van der Waals surface area (Å²) in [6, 6.07) is 0. The number of rotatable bonds is 6. The zero-order valence-corrected chi connectivity index (χ0v) is 8.85. The highest BCUT2D eigenvalue weighted by Gasteiger charge is 2.05. The van der Waals surface area contributed by atoms with Gasteiger partial charge < -0.3 is 11.1 Å². The number of carbonyl (C=O) groups excluding carboxylic acids is 1. The zero-order chi connectivity index (χ0) is 10.2. The summed E-state index contributed by atoms with van der Waals surface area (Å²) >= 11 is 1.36. The largest absolute Gasteiger partial charge is 0.350 e. The van der Waals surface area contributed by atoms with Crippen molar-refractivity contribution in [3.8, 4) is 0 Å². The second-order valence-corrected chi connectivity index (χ2v) is 3.84. The van der Waals surface area contributed by atoms with Gasteiger partial charge in [0.05, 0.1) is 0 Å². The molecule has 0 saturated carbocycles. The molecule has 1 amide bonds. The van der Waals surface area contributed by atoms with Crippen LogP contribution >= 0.6 is 11.3 Å². The van der Waals surface area contributed by atoms with Gasteiger partial charge in [0.25, 0.3) is 5.91 Å². The third kappa shape index (κ3) is 3.85. The third-order valence-corrected chi connectivity index (χ3v) is 2.56. The molecule has 1 rings (SSSR count). The van der Waals surface area contributed by atoms with E-state index in [2.05, 4.69) is 10.3 Å². The monoisotopic (exact) mass is 213 g/mol. The molecule has 5 heteroatoms. The molecule has 0 unspecified atom stereocenters. The van der Waals surface area contributed by atoms with Gasteiger partial charge in [0.15, 0.2) is 5.01 Å². The Hall–Kier alpha value is -0.940. The summed E-state index contributed by atoms with van der Waals surface area (Å²) in [6.45, 7) is 1.43. The molecule has 3 N–H and O–H groups in total. The number of carbonyl (C=O) groups is 1. The molecule has 1 aromatic rings. The van der Waals surface area contributed by atoms with Crippen LogP contribution in [0.5, 0.6) is 0 Å². The van der Waals surface area contributed by atoms with Gasteiger partial charge in [-0.3, -0.25) is 4.79 Å². The van der Waals surface area contributed by atoms with Crippen molar-refractivity contribution < 1.29 is 4.79 Å². The van der Waals surface area contributed by atoms with E-state index in [1.807, 2.05) is 0 Å². The smallest absolute Gasteiger partial charge is 0.280 e. The Morgan fingerprint density at radius 2 is 2.36 bits per heavy atom. The van der Waals surface area contributed by atoms with Gasteiger partial charge >= 0.3 is 0 Å². The summed E-state index contributed by atoms with van der Waals surface area (Å²) in [6.07, 6.45) is 4.70. The summed E-state index contributed by atoms with van der Waals surface area (Å²) < 4.78 is 0. The lowest BCUT2D eigenvalue weighted by molar-refractivity contribution is 0.0952. The molecule has 0 spiro atoms. The topological polar surface area (TPSA) is 68.0 Å². The number of unbranched alkanes of at least 4 members (excludes halogenated alkanes) is 2. The molecule has 1 heterocycles. The number of thiazole rings is 1. The first-order chi connectivity index (χ1) is 6.84. The second kappa shape index (κ2) is 6.50. The Kier molecular flexibility index (Phi) is 5.17. The number of aromatic nitrogens is 1. The normalized spacial score (nSPS) is 10.1. The highest BCUT2D eigenvalue weighted by atomic mass is 32.1. The first-order valence-corrected chi connectivity index (χ1v) is 5.60. The minimum atomic E-state index is -0.0762. The molecule has 0 fully saturated rings. The summed E-state index contributed by atoms with van der Waals surface area (Å²) in [5.41, 5.74) is 5.35. The van der Waals surface area contributed by atoms with Crippen molar-refractivity contribution in [3.05, 3.63) is 16.6 Å². The molecule has 0 aliphatic rings. The van der Waals surface area contributed by atoms with E-state index in [0.29, 0.717) is 11.6 Å². The molecule has 0 aliphatic carbocycles. The van der Waals surface area contributed by atoms with E-state index in [4.69, 9.17) is 5.73 Å². The Morgan fingerprint density at radius 3 is 3.00 bits per heavy atom. The van der Waals surface area contributed by atoms with Crippen molar-refractivity contribution in [3.63, 3.8) is 0 Å². The number of nitrogens with one attached hydrogen (secondary N) is 1. The number of nitrogens with zero attached hydrogens (tertiary/aromatic N) is 1. The van der Waals surface area contributed by atoms with Gasteiger partial charge in [0.1, 0.15) is 0 Å². The number of nitrogens with two attached hydrogens (primary N) is 1. The molecule has 4 nitrogen and oxygen atoms in total. The number of hydrogen-bond donors (Lipinski definition) is 2. The Morgan fingerprint density at radius 1 is 1.50 bits per heavy atom. The van der Waals surface area contributed by atoms with Gasteiger partial charge in [0, 0.05) is 18.1 Å². The lowest BCUT2D eigenvalue weighted by Crippen LogP contribution is -2.24. The molecule has 0 aromatic carbocycles. The third-order valence-electron chi connectivity index (χ3n) is 1.79. The van der Waals surface area contributed by atoms with Gasteiger partial charge in [-0.2, -0.15) is 0 Å². The van der Waals surface area contributed by atoms with E-state index >= 15 is 0 Å². The average Bonchev–Trinajstić information content (AvgIpc) is 2.70. The van der Waals surface area contributed by atoms with E-state index in [1.54, 1.807) is 11.6 Å². The van der Waals surface area contributed by atoms with Crippen molar-refractivity contribution in [2.45, 2.75) is 19.3 Å². The van der Waals surface area contributed by atoms with Crippen LogP contribution in [-0.4, -0.2) is 24.0 Å². The quantitative estimate of drug-likeness (QED) is 0.693. The number of amides is 1. The molecular formula is C9H15N3OS. The van der Waals surface area contributed by atoms with Crippen LogP contribution < -0.4 is 11.1 Å². The van der Waals surface area contributed by atoms with E-state index in [1.165, 1.54) is 11.3 Å². The Bertz CT molecular complexity index is 261. The number of hydrogen-bond acceptors (Lipinski definition) is 4. The van der Waals surface area contributed by atoms with Crippen LogP contribution in [0.4, 0.5) is 0 Å². The Balaban J connectivity index is 2.10. The summed E-state index contributed by atoms with van der Waals surface area (Å²) in [5, 5.41) is 5.14. The van der Waals surface area contributed by atoms with E-state index in [9.17, 15) is 4.79 Å². The van der Waals surface area contributed by atoms with Gasteiger partial charge in [-0.25, -0.2) is 4.98 Å². The van der Waals surface area contributed by atoms with E-state index in [-0.39, 0.29) is 5.91 Å². The molecule has 0 atom stereocenters. The maximum Gasteiger partial charge on any atom is 0.280 e. The maximum atomic E-state index is 11.4. The average molecular weight is 213 g/mol. The van der Waals surface area contributed by atoms with Crippen molar-refractivity contribution >= 4 is 17.2 Å².